The Bertz CT molecular complexity index is 1340. The number of hydrogen-bond acceptors (Lipinski definition) is 5. The highest BCUT2D eigenvalue weighted by Crippen LogP contribution is 2.52. The molecule has 1 saturated carbocycles. The Morgan fingerprint density at radius 1 is 0.744 bits per heavy atom. The van der Waals surface area contributed by atoms with Crippen LogP contribution in [0.4, 0.5) is 5.69 Å². The topological polar surface area (TPSA) is 54.8 Å². The van der Waals surface area contributed by atoms with Crippen LogP contribution < -0.4 is 14.4 Å². The smallest absolute Gasteiger partial charge is 0.225 e. The van der Waals surface area contributed by atoms with Crippen molar-refractivity contribution in [1.82, 2.24) is 4.98 Å². The Hall–Kier alpha value is -3.83. The van der Waals surface area contributed by atoms with Crippen molar-refractivity contribution in [3.05, 3.63) is 108 Å². The Morgan fingerprint density at radius 2 is 1.36 bits per heavy atom. The minimum atomic E-state index is 0.346. The Kier molecular flexibility index (Phi) is 7.51. The molecule has 6 rings (SSSR count). The maximum absolute atomic E-state index is 9.42. The molecule has 0 unspecified atom stereocenters. The van der Waals surface area contributed by atoms with Crippen molar-refractivity contribution in [3.63, 3.8) is 0 Å². The van der Waals surface area contributed by atoms with Gasteiger partial charge in [0.05, 0.1) is 0 Å². The minimum absolute atomic E-state index is 0.346. The lowest BCUT2D eigenvalue weighted by molar-refractivity contribution is -0.00297. The van der Waals surface area contributed by atoms with E-state index in [-0.39, 0.29) is 0 Å². The third-order valence-corrected chi connectivity index (χ3v) is 8.35. The van der Waals surface area contributed by atoms with Gasteiger partial charge in [-0.3, -0.25) is 0 Å². The lowest BCUT2D eigenvalue weighted by Crippen LogP contribution is -2.48. The number of benzene rings is 3. The van der Waals surface area contributed by atoms with Crippen molar-refractivity contribution < 1.29 is 14.6 Å². The lowest BCUT2D eigenvalue weighted by atomic mass is 9.58. The molecule has 200 valence electrons. The fourth-order valence-corrected chi connectivity index (χ4v) is 6.08. The zero-order chi connectivity index (χ0) is 26.5. The van der Waals surface area contributed by atoms with Crippen LogP contribution in [0.25, 0.3) is 11.1 Å². The number of aliphatic hydroxyl groups is 1. The van der Waals surface area contributed by atoms with Crippen molar-refractivity contribution in [2.75, 3.05) is 24.6 Å². The molecule has 0 atom stereocenters. The zero-order valence-corrected chi connectivity index (χ0v) is 22.3. The molecule has 1 spiro atoms. The summed E-state index contributed by atoms with van der Waals surface area (Å²) in [6, 6.07) is 33.0. The normalized spacial score (nSPS) is 16.6. The predicted octanol–water partition coefficient (Wildman–Crippen LogP) is 6.90. The molecule has 0 bridgehead atoms. The number of aliphatic hydroxyl groups excluding tert-OH is 1. The SMILES string of the molecule is OCC1CC2(CCN(c3ccc(-c4ccc(OCc5ccccc5)nc4OCc4ccccc4)cc3)CC2)C1. The van der Waals surface area contributed by atoms with E-state index in [4.69, 9.17) is 14.5 Å². The van der Waals surface area contributed by atoms with E-state index >= 15 is 0 Å². The lowest BCUT2D eigenvalue weighted by Gasteiger charge is -2.52. The Morgan fingerprint density at radius 3 is 1.97 bits per heavy atom. The maximum atomic E-state index is 9.42. The van der Waals surface area contributed by atoms with Crippen LogP contribution in [0.3, 0.4) is 0 Å². The third-order valence-electron chi connectivity index (χ3n) is 8.35. The van der Waals surface area contributed by atoms with Crippen LogP contribution in [0, 0.1) is 11.3 Å². The van der Waals surface area contributed by atoms with E-state index in [2.05, 4.69) is 41.3 Å². The minimum Gasteiger partial charge on any atom is -0.473 e. The average Bonchev–Trinajstić information content (AvgIpc) is 2.99. The summed E-state index contributed by atoms with van der Waals surface area (Å²) in [6.45, 7) is 3.40. The number of hydrogen-bond donors (Lipinski definition) is 1. The molecule has 0 radical (unpaired) electrons. The summed E-state index contributed by atoms with van der Waals surface area (Å²) in [4.78, 5) is 7.26. The molecule has 2 heterocycles. The van der Waals surface area contributed by atoms with Gasteiger partial charge in [0.25, 0.3) is 0 Å². The van der Waals surface area contributed by atoms with Crippen LogP contribution in [0.5, 0.6) is 11.8 Å². The van der Waals surface area contributed by atoms with Gasteiger partial charge in [0.2, 0.25) is 11.8 Å². The molecule has 2 fully saturated rings. The molecule has 5 heteroatoms. The van der Waals surface area contributed by atoms with E-state index in [1.807, 2.05) is 60.7 Å². The summed E-state index contributed by atoms with van der Waals surface area (Å²) in [6.07, 6.45) is 4.83. The van der Waals surface area contributed by atoms with Crippen molar-refractivity contribution in [2.45, 2.75) is 38.9 Å². The number of nitrogens with zero attached hydrogens (tertiary/aromatic N) is 2. The van der Waals surface area contributed by atoms with E-state index in [1.165, 1.54) is 31.4 Å². The molecule has 0 amide bonds. The van der Waals surface area contributed by atoms with Gasteiger partial charge in [0.1, 0.15) is 13.2 Å². The first-order chi connectivity index (χ1) is 19.2. The number of ether oxygens (including phenoxy) is 2. The van der Waals surface area contributed by atoms with Gasteiger partial charge in [-0.1, -0.05) is 72.8 Å². The fraction of sp³-hybridized carbons (Fsp3) is 0.324. The summed E-state index contributed by atoms with van der Waals surface area (Å²) in [7, 11) is 0. The van der Waals surface area contributed by atoms with Crippen LogP contribution in [0.2, 0.25) is 0 Å². The number of pyridine rings is 1. The number of rotatable bonds is 9. The van der Waals surface area contributed by atoms with Gasteiger partial charge < -0.3 is 19.5 Å². The van der Waals surface area contributed by atoms with E-state index in [0.29, 0.717) is 42.9 Å². The maximum Gasteiger partial charge on any atom is 0.225 e. The summed E-state index contributed by atoms with van der Waals surface area (Å²) in [5, 5.41) is 9.42. The summed E-state index contributed by atoms with van der Waals surface area (Å²) in [5.74, 6) is 1.64. The van der Waals surface area contributed by atoms with Crippen LogP contribution in [-0.4, -0.2) is 29.8 Å². The Balaban J connectivity index is 1.17. The average molecular weight is 521 g/mol. The van der Waals surface area contributed by atoms with Gasteiger partial charge in [0.15, 0.2) is 0 Å². The van der Waals surface area contributed by atoms with Crippen molar-refractivity contribution in [3.8, 4) is 22.9 Å². The molecule has 3 aromatic carbocycles. The summed E-state index contributed by atoms with van der Waals surface area (Å²) in [5.41, 5.74) is 5.95. The molecule has 5 nitrogen and oxygen atoms in total. The molecule has 1 aromatic heterocycles. The third kappa shape index (κ3) is 5.94. The molecule has 2 aliphatic rings. The first-order valence-corrected chi connectivity index (χ1v) is 14.0. The molecular formula is C34H36N2O3. The highest BCUT2D eigenvalue weighted by molar-refractivity contribution is 5.71. The van der Waals surface area contributed by atoms with Crippen LogP contribution in [0.15, 0.2) is 97.1 Å². The van der Waals surface area contributed by atoms with Crippen LogP contribution in [0.1, 0.15) is 36.8 Å². The Labute approximate surface area is 231 Å². The molecule has 1 N–H and O–H groups in total. The number of anilines is 1. The second kappa shape index (κ2) is 11.5. The predicted molar refractivity (Wildman–Crippen MR) is 155 cm³/mol. The van der Waals surface area contributed by atoms with Gasteiger partial charge in [-0.2, -0.15) is 4.98 Å². The highest BCUT2D eigenvalue weighted by atomic mass is 16.5. The molecule has 39 heavy (non-hydrogen) atoms. The molecule has 1 aliphatic carbocycles. The summed E-state index contributed by atoms with van der Waals surface area (Å²) < 4.78 is 12.3. The van der Waals surface area contributed by atoms with Gasteiger partial charge in [-0.05, 0) is 71.9 Å². The standard InChI is InChI=1S/C34H36N2O3/c37-23-28-21-34(22-28)17-19-36(20-18-34)30-13-11-29(12-14-30)31-15-16-32(38-24-26-7-3-1-4-8-26)35-33(31)39-25-27-9-5-2-6-10-27/h1-16,28,37H,17-25H2. The van der Waals surface area contributed by atoms with Crippen LogP contribution >= 0.6 is 0 Å². The number of piperidine rings is 1. The van der Waals surface area contributed by atoms with E-state index in [1.54, 1.807) is 0 Å². The largest absolute Gasteiger partial charge is 0.473 e. The number of aromatic nitrogens is 1. The second-order valence-electron chi connectivity index (χ2n) is 11.0. The fourth-order valence-electron chi connectivity index (χ4n) is 6.08. The first-order valence-electron chi connectivity index (χ1n) is 14.0. The molecule has 4 aromatic rings. The van der Waals surface area contributed by atoms with Gasteiger partial charge in [-0.25, -0.2) is 0 Å². The molecule has 1 saturated heterocycles. The summed E-state index contributed by atoms with van der Waals surface area (Å²) >= 11 is 0. The quantitative estimate of drug-likeness (QED) is 0.260. The second-order valence-corrected chi connectivity index (χ2v) is 11.0. The van der Waals surface area contributed by atoms with Crippen molar-refractivity contribution in [2.24, 2.45) is 11.3 Å². The van der Waals surface area contributed by atoms with Gasteiger partial charge in [0, 0.05) is 37.0 Å². The van der Waals surface area contributed by atoms with Crippen LogP contribution in [-0.2, 0) is 13.2 Å². The van der Waals surface area contributed by atoms with Gasteiger partial charge >= 0.3 is 0 Å². The zero-order valence-electron chi connectivity index (χ0n) is 22.3. The van der Waals surface area contributed by atoms with Gasteiger partial charge in [-0.15, -0.1) is 0 Å². The highest BCUT2D eigenvalue weighted by Gasteiger charge is 2.45. The van der Waals surface area contributed by atoms with E-state index in [0.717, 1.165) is 35.3 Å². The van der Waals surface area contributed by atoms with E-state index < -0.39 is 0 Å². The van der Waals surface area contributed by atoms with E-state index in [9.17, 15) is 5.11 Å². The molecule has 1 aliphatic heterocycles. The van der Waals surface area contributed by atoms with Crippen molar-refractivity contribution >= 4 is 5.69 Å². The molecular weight excluding hydrogens is 484 g/mol. The monoisotopic (exact) mass is 520 g/mol. The van der Waals surface area contributed by atoms with Crippen molar-refractivity contribution in [1.29, 1.82) is 0 Å². The first kappa shape index (κ1) is 25.4.